The summed E-state index contributed by atoms with van der Waals surface area (Å²) in [5.41, 5.74) is 1.37. The molecular weight excluding hydrogens is 324 g/mol. The zero-order chi connectivity index (χ0) is 18.0. The van der Waals surface area contributed by atoms with Gasteiger partial charge >= 0.3 is 0 Å². The van der Waals surface area contributed by atoms with E-state index in [0.29, 0.717) is 11.3 Å². The van der Waals surface area contributed by atoms with Crippen molar-refractivity contribution in [1.29, 1.82) is 0 Å². The molecular formula is C17H14N4O4. The highest BCUT2D eigenvalue weighted by molar-refractivity contribution is 6.02. The summed E-state index contributed by atoms with van der Waals surface area (Å²) in [6, 6.07) is 12.4. The van der Waals surface area contributed by atoms with Gasteiger partial charge in [-0.3, -0.25) is 14.9 Å². The number of rotatable bonds is 4. The molecule has 0 aliphatic heterocycles. The molecule has 8 heteroatoms. The summed E-state index contributed by atoms with van der Waals surface area (Å²) >= 11 is 0. The number of hydrogen-bond acceptors (Lipinski definition) is 5. The first-order chi connectivity index (χ1) is 12.0. The van der Waals surface area contributed by atoms with E-state index in [9.17, 15) is 20.0 Å². The number of aryl methyl sites for hydroxylation is 1. The number of carbonyl (C=O) groups excluding carboxylic acids is 1. The first-order valence-corrected chi connectivity index (χ1v) is 7.36. The maximum atomic E-state index is 12.3. The van der Waals surface area contributed by atoms with E-state index < -0.39 is 10.8 Å². The van der Waals surface area contributed by atoms with Gasteiger partial charge in [0.1, 0.15) is 11.4 Å². The molecule has 3 rings (SSSR count). The van der Waals surface area contributed by atoms with E-state index >= 15 is 0 Å². The number of nitro benzene ring substituents is 1. The van der Waals surface area contributed by atoms with Crippen LogP contribution < -0.4 is 5.32 Å². The first kappa shape index (κ1) is 16.2. The fourth-order valence-corrected chi connectivity index (χ4v) is 2.27. The third-order valence-electron chi connectivity index (χ3n) is 3.61. The smallest absolute Gasteiger partial charge is 0.294 e. The molecule has 0 aliphatic carbocycles. The quantitative estimate of drug-likeness (QED) is 0.561. The normalized spacial score (nSPS) is 10.4. The summed E-state index contributed by atoms with van der Waals surface area (Å²) < 4.78 is 1.28. The van der Waals surface area contributed by atoms with Crippen LogP contribution in [0.15, 0.2) is 54.7 Å². The van der Waals surface area contributed by atoms with Gasteiger partial charge in [0.25, 0.3) is 11.6 Å². The summed E-state index contributed by atoms with van der Waals surface area (Å²) in [5, 5.41) is 27.5. The van der Waals surface area contributed by atoms with Gasteiger partial charge in [0.2, 0.25) is 0 Å². The minimum atomic E-state index is -0.508. The van der Waals surface area contributed by atoms with Gasteiger partial charge in [-0.05, 0) is 30.7 Å². The second-order valence-electron chi connectivity index (χ2n) is 5.35. The molecule has 0 atom stereocenters. The number of phenols is 1. The van der Waals surface area contributed by atoms with Crippen LogP contribution in [0.4, 0.5) is 11.4 Å². The van der Waals surface area contributed by atoms with Crippen molar-refractivity contribution in [1.82, 2.24) is 9.78 Å². The van der Waals surface area contributed by atoms with Crippen molar-refractivity contribution >= 4 is 17.3 Å². The lowest BCUT2D eigenvalue weighted by Gasteiger charge is -2.05. The number of nitro groups is 1. The fraction of sp³-hybridized carbons (Fsp3) is 0.0588. The van der Waals surface area contributed by atoms with Crippen LogP contribution in [0.25, 0.3) is 5.69 Å². The van der Waals surface area contributed by atoms with Crippen LogP contribution in [0.5, 0.6) is 5.75 Å². The Balaban J connectivity index is 1.85. The Hall–Kier alpha value is -3.68. The van der Waals surface area contributed by atoms with Crippen molar-refractivity contribution in [2.45, 2.75) is 6.92 Å². The van der Waals surface area contributed by atoms with Crippen LogP contribution in [-0.2, 0) is 0 Å². The van der Waals surface area contributed by atoms with E-state index in [1.165, 1.54) is 29.1 Å². The van der Waals surface area contributed by atoms with Gasteiger partial charge in [-0.1, -0.05) is 18.2 Å². The molecule has 1 heterocycles. The molecule has 0 saturated carbocycles. The fourth-order valence-electron chi connectivity index (χ4n) is 2.27. The zero-order valence-corrected chi connectivity index (χ0v) is 13.2. The van der Waals surface area contributed by atoms with Crippen molar-refractivity contribution in [3.8, 4) is 11.4 Å². The highest BCUT2D eigenvalue weighted by Gasteiger charge is 2.17. The van der Waals surface area contributed by atoms with Crippen molar-refractivity contribution in [3.63, 3.8) is 0 Å². The molecule has 0 saturated heterocycles. The van der Waals surface area contributed by atoms with Crippen LogP contribution in [0, 0.1) is 17.0 Å². The Morgan fingerprint density at radius 1 is 1.24 bits per heavy atom. The Morgan fingerprint density at radius 3 is 2.72 bits per heavy atom. The van der Waals surface area contributed by atoms with E-state index in [0.717, 1.165) is 0 Å². The van der Waals surface area contributed by atoms with Gasteiger partial charge in [0.15, 0.2) is 5.69 Å². The van der Waals surface area contributed by atoms with Crippen LogP contribution in [0.1, 0.15) is 16.1 Å². The molecule has 2 N–H and O–H groups in total. The lowest BCUT2D eigenvalue weighted by molar-refractivity contribution is -0.384. The molecule has 0 fully saturated rings. The molecule has 2 aromatic carbocycles. The number of phenolic OH excluding ortho intramolecular Hbond substituents is 1. The number of nitrogens with one attached hydrogen (secondary N) is 1. The van der Waals surface area contributed by atoms with Crippen LogP contribution in [-0.4, -0.2) is 25.7 Å². The Kier molecular flexibility index (Phi) is 4.17. The molecule has 0 unspecified atom stereocenters. The third kappa shape index (κ3) is 3.32. The minimum Gasteiger partial charge on any atom is -0.508 e. The Bertz CT molecular complexity index is 965. The largest absolute Gasteiger partial charge is 0.508 e. The monoisotopic (exact) mass is 338 g/mol. The van der Waals surface area contributed by atoms with Gasteiger partial charge in [0, 0.05) is 24.0 Å². The standard InChI is InChI=1S/C17H14N4O4/c1-11-6-7-12(10-16(11)22)18-17(23)13-8-9-20(19-13)14-4-2-3-5-15(14)21(24)25/h2-10,22H,1H3,(H,18,23). The van der Waals surface area contributed by atoms with E-state index in [1.54, 1.807) is 37.3 Å². The maximum Gasteiger partial charge on any atom is 0.294 e. The van der Waals surface area contributed by atoms with Gasteiger partial charge in [-0.15, -0.1) is 0 Å². The van der Waals surface area contributed by atoms with Gasteiger partial charge in [-0.25, -0.2) is 4.68 Å². The van der Waals surface area contributed by atoms with E-state index in [-0.39, 0.29) is 22.8 Å². The number of aromatic nitrogens is 2. The lowest BCUT2D eigenvalue weighted by Crippen LogP contribution is -2.13. The summed E-state index contributed by atoms with van der Waals surface area (Å²) in [6.45, 7) is 1.75. The predicted octanol–water partition coefficient (Wildman–Crippen LogP) is 3.05. The summed E-state index contributed by atoms with van der Waals surface area (Å²) in [5.74, 6) is -0.413. The average Bonchev–Trinajstić information content (AvgIpc) is 3.08. The molecule has 0 spiro atoms. The number of carbonyl (C=O) groups is 1. The lowest BCUT2D eigenvalue weighted by atomic mass is 10.2. The summed E-state index contributed by atoms with van der Waals surface area (Å²) in [7, 11) is 0. The molecule has 0 radical (unpaired) electrons. The van der Waals surface area contributed by atoms with Crippen molar-refractivity contribution in [2.75, 3.05) is 5.32 Å². The van der Waals surface area contributed by atoms with E-state index in [4.69, 9.17) is 0 Å². The topological polar surface area (TPSA) is 110 Å². The molecule has 1 aromatic heterocycles. The second kappa shape index (κ2) is 6.44. The van der Waals surface area contributed by atoms with Gasteiger partial charge in [0.05, 0.1) is 4.92 Å². The molecule has 3 aromatic rings. The van der Waals surface area contributed by atoms with E-state index in [2.05, 4.69) is 10.4 Å². The Morgan fingerprint density at radius 2 is 2.00 bits per heavy atom. The summed E-state index contributed by atoms with van der Waals surface area (Å²) in [6.07, 6.45) is 1.48. The minimum absolute atomic E-state index is 0.0724. The molecule has 25 heavy (non-hydrogen) atoms. The van der Waals surface area contributed by atoms with Crippen LogP contribution >= 0.6 is 0 Å². The van der Waals surface area contributed by atoms with Gasteiger partial charge < -0.3 is 10.4 Å². The summed E-state index contributed by atoms with van der Waals surface area (Å²) in [4.78, 5) is 22.9. The van der Waals surface area contributed by atoms with Crippen LogP contribution in [0.3, 0.4) is 0 Å². The highest BCUT2D eigenvalue weighted by atomic mass is 16.6. The number of nitrogens with zero attached hydrogens (tertiary/aromatic N) is 3. The van der Waals surface area contributed by atoms with Crippen molar-refractivity contribution in [3.05, 3.63) is 76.1 Å². The SMILES string of the molecule is Cc1ccc(NC(=O)c2ccn(-c3ccccc3[N+](=O)[O-])n2)cc1O. The molecule has 0 bridgehead atoms. The number of hydrogen-bond donors (Lipinski definition) is 2. The average molecular weight is 338 g/mol. The molecule has 8 nitrogen and oxygen atoms in total. The molecule has 0 aliphatic rings. The first-order valence-electron chi connectivity index (χ1n) is 7.36. The number of benzene rings is 2. The van der Waals surface area contributed by atoms with Gasteiger partial charge in [-0.2, -0.15) is 5.10 Å². The number of anilines is 1. The predicted molar refractivity (Wildman–Crippen MR) is 91.0 cm³/mol. The number of aromatic hydroxyl groups is 1. The number of para-hydroxylation sites is 2. The Labute approximate surface area is 142 Å². The third-order valence-corrected chi connectivity index (χ3v) is 3.61. The van der Waals surface area contributed by atoms with Crippen LogP contribution in [0.2, 0.25) is 0 Å². The highest BCUT2D eigenvalue weighted by Crippen LogP contribution is 2.23. The molecule has 126 valence electrons. The molecule has 1 amide bonds. The number of amides is 1. The zero-order valence-electron chi connectivity index (χ0n) is 13.2. The second-order valence-corrected chi connectivity index (χ2v) is 5.35. The van der Waals surface area contributed by atoms with E-state index in [1.807, 2.05) is 0 Å². The van der Waals surface area contributed by atoms with Crippen molar-refractivity contribution < 1.29 is 14.8 Å². The van der Waals surface area contributed by atoms with Crippen molar-refractivity contribution in [2.24, 2.45) is 0 Å². The maximum absolute atomic E-state index is 12.3.